The molecule has 0 aromatic heterocycles. The van der Waals surface area contributed by atoms with Gasteiger partial charge in [-0.05, 0) is 48.4 Å². The monoisotopic (exact) mass is 343 g/mol. The Kier molecular flexibility index (Phi) is 6.83. The van der Waals surface area contributed by atoms with Crippen molar-refractivity contribution < 1.29 is 24.2 Å². The van der Waals surface area contributed by atoms with Gasteiger partial charge in [0.15, 0.2) is 0 Å². The van der Waals surface area contributed by atoms with Crippen molar-refractivity contribution in [1.82, 2.24) is 0 Å². The summed E-state index contributed by atoms with van der Waals surface area (Å²) in [5.74, 6) is 0.408. The van der Waals surface area contributed by atoms with Crippen LogP contribution < -0.4 is 14.8 Å². The van der Waals surface area contributed by atoms with E-state index in [0.29, 0.717) is 17.9 Å². The largest absolute Gasteiger partial charge is 0.497 e. The average molecular weight is 343 g/mol. The maximum absolute atomic E-state index is 12.0. The Balaban J connectivity index is 1.77. The minimum atomic E-state index is -0.842. The van der Waals surface area contributed by atoms with Crippen molar-refractivity contribution in [2.24, 2.45) is 0 Å². The first-order valence-electron chi connectivity index (χ1n) is 7.94. The van der Waals surface area contributed by atoms with Crippen LogP contribution in [0.2, 0.25) is 0 Å². The summed E-state index contributed by atoms with van der Waals surface area (Å²) in [7, 11) is 1.59. The molecule has 0 aliphatic carbocycles. The maximum atomic E-state index is 12.0. The number of hydrogen-bond acceptors (Lipinski definition) is 4. The zero-order valence-corrected chi connectivity index (χ0v) is 14.0. The molecule has 0 saturated carbocycles. The molecule has 0 atom stereocenters. The van der Waals surface area contributed by atoms with Crippen LogP contribution in [0.3, 0.4) is 0 Å². The van der Waals surface area contributed by atoms with Crippen LogP contribution in [0, 0.1) is 0 Å². The number of aliphatic carboxylic acids is 1. The predicted molar refractivity (Wildman–Crippen MR) is 94.1 cm³/mol. The second-order valence-electron chi connectivity index (χ2n) is 5.42. The Morgan fingerprint density at radius 3 is 2.44 bits per heavy atom. The first-order chi connectivity index (χ1) is 12.1. The van der Waals surface area contributed by atoms with E-state index < -0.39 is 5.97 Å². The lowest BCUT2D eigenvalue weighted by Crippen LogP contribution is -2.15. The molecule has 6 heteroatoms. The van der Waals surface area contributed by atoms with Gasteiger partial charge in [0, 0.05) is 12.1 Å². The number of ether oxygens (including phenoxy) is 2. The van der Waals surface area contributed by atoms with Gasteiger partial charge >= 0.3 is 5.97 Å². The molecule has 6 nitrogen and oxygen atoms in total. The minimum Gasteiger partial charge on any atom is -0.497 e. The van der Waals surface area contributed by atoms with E-state index in [-0.39, 0.29) is 25.4 Å². The van der Waals surface area contributed by atoms with Crippen molar-refractivity contribution in [3.05, 3.63) is 54.1 Å². The highest BCUT2D eigenvalue weighted by Gasteiger charge is 2.05. The third-order valence-corrected chi connectivity index (χ3v) is 3.50. The summed E-state index contributed by atoms with van der Waals surface area (Å²) in [5.41, 5.74) is 1.52. The van der Waals surface area contributed by atoms with Crippen molar-refractivity contribution in [2.45, 2.75) is 19.3 Å². The molecule has 0 aliphatic heterocycles. The number of rotatable bonds is 9. The van der Waals surface area contributed by atoms with E-state index in [1.807, 2.05) is 6.07 Å². The van der Waals surface area contributed by atoms with Crippen LogP contribution in [0.4, 0.5) is 5.69 Å². The summed E-state index contributed by atoms with van der Waals surface area (Å²) in [6, 6.07) is 14.3. The SMILES string of the molecule is COc1ccc(OCCC(=O)Nc2cccc(CCC(=O)O)c2)cc1. The van der Waals surface area contributed by atoms with Crippen LogP contribution in [0.1, 0.15) is 18.4 Å². The van der Waals surface area contributed by atoms with Crippen LogP contribution in [0.5, 0.6) is 11.5 Å². The molecule has 2 aromatic carbocycles. The summed E-state index contributed by atoms with van der Waals surface area (Å²) in [6.45, 7) is 0.261. The van der Waals surface area contributed by atoms with Gasteiger partial charge in [-0.15, -0.1) is 0 Å². The van der Waals surface area contributed by atoms with Gasteiger partial charge in [0.2, 0.25) is 5.91 Å². The molecule has 0 saturated heterocycles. The van der Waals surface area contributed by atoms with Crippen LogP contribution in [-0.2, 0) is 16.0 Å². The first kappa shape index (κ1) is 18.3. The van der Waals surface area contributed by atoms with Gasteiger partial charge in [-0.2, -0.15) is 0 Å². The van der Waals surface area contributed by atoms with E-state index in [1.165, 1.54) is 0 Å². The standard InChI is InChI=1S/C19H21NO5/c1-24-16-6-8-17(9-7-16)25-12-11-18(21)20-15-4-2-3-14(13-15)5-10-19(22)23/h2-4,6-9,13H,5,10-12H2,1H3,(H,20,21)(H,22,23). The van der Waals surface area contributed by atoms with Gasteiger partial charge in [-0.25, -0.2) is 0 Å². The molecule has 132 valence electrons. The number of carbonyl (C=O) groups is 2. The summed E-state index contributed by atoms with van der Waals surface area (Å²) < 4.78 is 10.6. The van der Waals surface area contributed by atoms with Crippen molar-refractivity contribution in [3.8, 4) is 11.5 Å². The second kappa shape index (κ2) is 9.32. The van der Waals surface area contributed by atoms with Crippen molar-refractivity contribution >= 4 is 17.6 Å². The summed E-state index contributed by atoms with van der Waals surface area (Å²) in [4.78, 5) is 22.6. The molecule has 0 spiro atoms. The highest BCUT2D eigenvalue weighted by Crippen LogP contribution is 2.17. The van der Waals surface area contributed by atoms with E-state index in [0.717, 1.165) is 11.3 Å². The zero-order chi connectivity index (χ0) is 18.1. The van der Waals surface area contributed by atoms with Crippen LogP contribution in [0.15, 0.2) is 48.5 Å². The number of carboxylic acid groups (broad SMARTS) is 1. The van der Waals surface area contributed by atoms with E-state index in [1.54, 1.807) is 49.6 Å². The van der Waals surface area contributed by atoms with Crippen molar-refractivity contribution in [3.63, 3.8) is 0 Å². The molecule has 0 aliphatic rings. The van der Waals surface area contributed by atoms with Crippen LogP contribution >= 0.6 is 0 Å². The van der Waals surface area contributed by atoms with Crippen molar-refractivity contribution in [2.75, 3.05) is 19.0 Å². The fraction of sp³-hybridized carbons (Fsp3) is 0.263. The number of benzene rings is 2. The first-order valence-corrected chi connectivity index (χ1v) is 7.94. The fourth-order valence-electron chi connectivity index (χ4n) is 2.21. The summed E-state index contributed by atoms with van der Waals surface area (Å²) in [5, 5.41) is 11.5. The smallest absolute Gasteiger partial charge is 0.303 e. The number of methoxy groups -OCH3 is 1. The Bertz CT molecular complexity index is 712. The van der Waals surface area contributed by atoms with Crippen molar-refractivity contribution in [1.29, 1.82) is 0 Å². The number of amides is 1. The highest BCUT2D eigenvalue weighted by molar-refractivity contribution is 5.90. The molecular formula is C19H21NO5. The molecule has 0 fully saturated rings. The normalized spacial score (nSPS) is 10.1. The molecule has 2 N–H and O–H groups in total. The van der Waals surface area contributed by atoms with E-state index >= 15 is 0 Å². The number of carboxylic acids is 1. The number of aryl methyl sites for hydroxylation is 1. The van der Waals surface area contributed by atoms with Gasteiger partial charge < -0.3 is 19.9 Å². The van der Waals surface area contributed by atoms with Gasteiger partial charge in [0.1, 0.15) is 11.5 Å². The maximum Gasteiger partial charge on any atom is 0.303 e. The number of carbonyl (C=O) groups excluding carboxylic acids is 1. The minimum absolute atomic E-state index is 0.0626. The van der Waals surface area contributed by atoms with Gasteiger partial charge in [0.25, 0.3) is 0 Å². The van der Waals surface area contributed by atoms with Gasteiger partial charge in [-0.3, -0.25) is 9.59 Å². The molecule has 25 heavy (non-hydrogen) atoms. The number of hydrogen-bond donors (Lipinski definition) is 2. The zero-order valence-electron chi connectivity index (χ0n) is 14.0. The number of anilines is 1. The molecule has 0 heterocycles. The highest BCUT2D eigenvalue weighted by atomic mass is 16.5. The topological polar surface area (TPSA) is 84.9 Å². The fourth-order valence-corrected chi connectivity index (χ4v) is 2.21. The number of nitrogens with one attached hydrogen (secondary N) is 1. The summed E-state index contributed by atoms with van der Waals surface area (Å²) >= 11 is 0. The lowest BCUT2D eigenvalue weighted by Gasteiger charge is -2.09. The molecule has 2 rings (SSSR count). The third kappa shape index (κ3) is 6.55. The molecule has 2 aromatic rings. The average Bonchev–Trinajstić information content (AvgIpc) is 2.61. The Morgan fingerprint density at radius 2 is 1.76 bits per heavy atom. The quantitative estimate of drug-likeness (QED) is 0.731. The second-order valence-corrected chi connectivity index (χ2v) is 5.42. The van der Waals surface area contributed by atoms with Gasteiger partial charge in [-0.1, -0.05) is 12.1 Å². The van der Waals surface area contributed by atoms with E-state index in [4.69, 9.17) is 14.6 Å². The Morgan fingerprint density at radius 1 is 1.04 bits per heavy atom. The van der Waals surface area contributed by atoms with Crippen LogP contribution in [-0.4, -0.2) is 30.7 Å². The molecule has 1 amide bonds. The molecule has 0 radical (unpaired) electrons. The molecular weight excluding hydrogens is 322 g/mol. The van der Waals surface area contributed by atoms with Gasteiger partial charge in [0.05, 0.1) is 20.1 Å². The van der Waals surface area contributed by atoms with Crippen LogP contribution in [0.25, 0.3) is 0 Å². The lowest BCUT2D eigenvalue weighted by molar-refractivity contribution is -0.137. The third-order valence-electron chi connectivity index (χ3n) is 3.50. The molecule has 0 bridgehead atoms. The van der Waals surface area contributed by atoms with E-state index in [9.17, 15) is 9.59 Å². The Labute approximate surface area is 146 Å². The lowest BCUT2D eigenvalue weighted by atomic mass is 10.1. The summed E-state index contributed by atoms with van der Waals surface area (Å²) in [6.07, 6.45) is 0.706. The van der Waals surface area contributed by atoms with E-state index in [2.05, 4.69) is 5.32 Å². The molecule has 0 unspecified atom stereocenters. The Hall–Kier alpha value is -3.02. The predicted octanol–water partition coefficient (Wildman–Crippen LogP) is 3.12.